The van der Waals surface area contributed by atoms with Gasteiger partial charge < -0.3 is 15.0 Å². The minimum atomic E-state index is -2.81. The Balaban J connectivity index is 1.72. The van der Waals surface area contributed by atoms with E-state index in [0.717, 1.165) is 11.4 Å². The average molecular weight is 298 g/mol. The predicted octanol–water partition coefficient (Wildman–Crippen LogP) is 0.908. The second kappa shape index (κ2) is 6.45. The monoisotopic (exact) mass is 298 g/mol. The minimum absolute atomic E-state index is 0.0803. The Kier molecular flexibility index (Phi) is 4.88. The Hall–Kier alpha value is -1.27. The smallest absolute Gasteiger partial charge is 0.151 e. The van der Waals surface area contributed by atoms with Crippen LogP contribution in [0.1, 0.15) is 6.42 Å². The van der Waals surface area contributed by atoms with Crippen LogP contribution < -0.4 is 15.0 Å². The maximum absolute atomic E-state index is 11.3. The van der Waals surface area contributed by atoms with Crippen molar-refractivity contribution in [2.24, 2.45) is 0 Å². The van der Waals surface area contributed by atoms with E-state index in [1.807, 2.05) is 43.3 Å². The molecule has 1 unspecified atom stereocenters. The first-order valence-corrected chi connectivity index (χ1v) is 8.62. The van der Waals surface area contributed by atoms with Gasteiger partial charge in [-0.2, -0.15) is 0 Å². The average Bonchev–Trinajstić information content (AvgIpc) is 2.75. The number of nitrogens with one attached hydrogen (secondary N) is 1. The van der Waals surface area contributed by atoms with E-state index >= 15 is 0 Å². The second-order valence-electron chi connectivity index (χ2n) is 5.29. The van der Waals surface area contributed by atoms with E-state index in [4.69, 9.17) is 4.74 Å². The summed E-state index contributed by atoms with van der Waals surface area (Å²) < 4.78 is 28.3. The van der Waals surface area contributed by atoms with Crippen LogP contribution in [0.5, 0.6) is 5.75 Å². The summed E-state index contributed by atoms with van der Waals surface area (Å²) in [6.45, 7) is 1.19. The lowest BCUT2D eigenvalue weighted by molar-refractivity contribution is 0.307. The van der Waals surface area contributed by atoms with Gasteiger partial charge in [0.2, 0.25) is 0 Å². The molecule has 0 aliphatic carbocycles. The maximum atomic E-state index is 11.3. The zero-order valence-corrected chi connectivity index (χ0v) is 12.8. The van der Waals surface area contributed by atoms with Gasteiger partial charge in [-0.15, -0.1) is 0 Å². The van der Waals surface area contributed by atoms with Crippen LogP contribution in [0.15, 0.2) is 24.3 Å². The Labute approximate surface area is 120 Å². The number of ether oxygens (including phenoxy) is 1. The second-order valence-corrected chi connectivity index (χ2v) is 7.52. The van der Waals surface area contributed by atoms with E-state index in [0.29, 0.717) is 25.3 Å². The summed E-state index contributed by atoms with van der Waals surface area (Å²) in [5, 5.41) is 3.23. The quantitative estimate of drug-likeness (QED) is 0.791. The van der Waals surface area contributed by atoms with Crippen molar-refractivity contribution in [3.63, 3.8) is 0 Å². The largest absolute Gasteiger partial charge is 0.492 e. The van der Waals surface area contributed by atoms with Crippen molar-refractivity contribution in [2.75, 3.05) is 43.7 Å². The number of hydrogen-bond acceptors (Lipinski definition) is 5. The molecule has 1 aromatic rings. The van der Waals surface area contributed by atoms with Crippen LogP contribution in [0.3, 0.4) is 0 Å². The van der Waals surface area contributed by atoms with Crippen molar-refractivity contribution < 1.29 is 13.2 Å². The van der Waals surface area contributed by atoms with Crippen LogP contribution in [0.25, 0.3) is 0 Å². The van der Waals surface area contributed by atoms with Gasteiger partial charge in [0.05, 0.1) is 11.5 Å². The van der Waals surface area contributed by atoms with Crippen LogP contribution in [0.4, 0.5) is 5.69 Å². The molecule has 1 fully saturated rings. The maximum Gasteiger partial charge on any atom is 0.151 e. The summed E-state index contributed by atoms with van der Waals surface area (Å²) in [7, 11) is 1.17. The first kappa shape index (κ1) is 15.1. The van der Waals surface area contributed by atoms with Gasteiger partial charge in [-0.05, 0) is 18.6 Å². The van der Waals surface area contributed by atoms with Gasteiger partial charge in [0.15, 0.2) is 9.84 Å². The van der Waals surface area contributed by atoms with E-state index in [1.54, 1.807) is 0 Å². The molecule has 1 N–H and O–H groups in total. The Bertz CT molecular complexity index is 543. The van der Waals surface area contributed by atoms with Crippen LogP contribution in [-0.2, 0) is 9.84 Å². The fraction of sp³-hybridized carbons (Fsp3) is 0.571. The minimum Gasteiger partial charge on any atom is -0.492 e. The third-order valence-electron chi connectivity index (χ3n) is 3.37. The van der Waals surface area contributed by atoms with E-state index in [9.17, 15) is 8.42 Å². The lowest BCUT2D eigenvalue weighted by atomic mass is 10.2. The highest BCUT2D eigenvalue weighted by Gasteiger charge is 2.26. The Morgan fingerprint density at radius 3 is 2.85 bits per heavy atom. The van der Waals surface area contributed by atoms with Gasteiger partial charge >= 0.3 is 0 Å². The molecular weight excluding hydrogens is 276 g/mol. The summed E-state index contributed by atoms with van der Waals surface area (Å²) in [6.07, 6.45) is 0.707. The van der Waals surface area contributed by atoms with Crippen molar-refractivity contribution in [1.29, 1.82) is 0 Å². The topological polar surface area (TPSA) is 58.6 Å². The highest BCUT2D eigenvalue weighted by Crippen LogP contribution is 2.19. The molecular formula is C14H22N2O3S. The molecule has 20 heavy (non-hydrogen) atoms. The van der Waals surface area contributed by atoms with Gasteiger partial charge in [0.25, 0.3) is 0 Å². The van der Waals surface area contributed by atoms with Gasteiger partial charge in [0, 0.05) is 38.4 Å². The molecule has 112 valence electrons. The molecule has 1 saturated heterocycles. The summed E-state index contributed by atoms with van der Waals surface area (Å²) in [5.74, 6) is 1.39. The van der Waals surface area contributed by atoms with Crippen LogP contribution in [0.2, 0.25) is 0 Å². The molecule has 1 heterocycles. The molecule has 1 atom stereocenters. The molecule has 0 saturated carbocycles. The molecule has 5 nitrogen and oxygen atoms in total. The normalized spacial score (nSPS) is 20.8. The van der Waals surface area contributed by atoms with Crippen LogP contribution in [0, 0.1) is 0 Å². The molecule has 0 aromatic heterocycles. The molecule has 0 radical (unpaired) electrons. The van der Waals surface area contributed by atoms with Crippen LogP contribution in [-0.4, -0.2) is 53.2 Å². The predicted molar refractivity (Wildman–Crippen MR) is 81.3 cm³/mol. The zero-order valence-electron chi connectivity index (χ0n) is 12.0. The SMILES string of the molecule is CN(C)c1cccc(OCCNC2CCS(=O)(=O)C2)c1. The Morgan fingerprint density at radius 1 is 1.40 bits per heavy atom. The number of hydrogen-bond donors (Lipinski definition) is 1. The van der Waals surface area contributed by atoms with E-state index in [2.05, 4.69) is 5.32 Å². The van der Waals surface area contributed by atoms with Crippen LogP contribution >= 0.6 is 0 Å². The van der Waals surface area contributed by atoms with E-state index in [1.165, 1.54) is 0 Å². The Morgan fingerprint density at radius 2 is 2.20 bits per heavy atom. The summed E-state index contributed by atoms with van der Waals surface area (Å²) in [5.41, 5.74) is 1.09. The zero-order chi connectivity index (χ0) is 14.6. The fourth-order valence-electron chi connectivity index (χ4n) is 2.24. The molecule has 0 amide bonds. The third kappa shape index (κ3) is 4.38. The van der Waals surface area contributed by atoms with E-state index in [-0.39, 0.29) is 11.8 Å². The summed E-state index contributed by atoms with van der Waals surface area (Å²) in [4.78, 5) is 2.02. The van der Waals surface area contributed by atoms with Crippen molar-refractivity contribution in [2.45, 2.75) is 12.5 Å². The molecule has 0 bridgehead atoms. The molecule has 6 heteroatoms. The van der Waals surface area contributed by atoms with Gasteiger partial charge in [-0.25, -0.2) is 8.42 Å². The van der Waals surface area contributed by atoms with Crippen molar-refractivity contribution >= 4 is 15.5 Å². The molecule has 1 aliphatic heterocycles. The first-order valence-electron chi connectivity index (χ1n) is 6.80. The summed E-state index contributed by atoms with van der Waals surface area (Å²) >= 11 is 0. The highest BCUT2D eigenvalue weighted by atomic mass is 32.2. The number of nitrogens with zero attached hydrogens (tertiary/aromatic N) is 1. The van der Waals surface area contributed by atoms with Gasteiger partial charge in [0.1, 0.15) is 12.4 Å². The number of benzene rings is 1. The first-order chi connectivity index (χ1) is 9.46. The summed E-state index contributed by atoms with van der Waals surface area (Å²) in [6, 6.07) is 7.97. The lowest BCUT2D eigenvalue weighted by Crippen LogP contribution is -2.33. The van der Waals surface area contributed by atoms with Gasteiger partial charge in [-0.1, -0.05) is 6.07 Å². The van der Waals surface area contributed by atoms with Crippen molar-refractivity contribution in [3.05, 3.63) is 24.3 Å². The van der Waals surface area contributed by atoms with Crippen molar-refractivity contribution in [3.8, 4) is 5.75 Å². The van der Waals surface area contributed by atoms with E-state index < -0.39 is 9.84 Å². The highest BCUT2D eigenvalue weighted by molar-refractivity contribution is 7.91. The van der Waals surface area contributed by atoms with Gasteiger partial charge in [-0.3, -0.25) is 0 Å². The molecule has 1 aromatic carbocycles. The third-order valence-corrected chi connectivity index (χ3v) is 5.14. The molecule has 1 aliphatic rings. The molecule has 0 spiro atoms. The fourth-order valence-corrected chi connectivity index (χ4v) is 3.95. The standard InChI is InChI=1S/C14H22N2O3S/c1-16(2)13-4-3-5-14(10-13)19-8-7-15-12-6-9-20(17,18)11-12/h3-5,10,12,15H,6-9,11H2,1-2H3. The lowest BCUT2D eigenvalue weighted by Gasteiger charge is -2.15. The molecule has 2 rings (SSSR count). The van der Waals surface area contributed by atoms with Crippen molar-refractivity contribution in [1.82, 2.24) is 5.32 Å². The number of sulfone groups is 1. The number of anilines is 1. The number of rotatable bonds is 6.